The van der Waals surface area contributed by atoms with Gasteiger partial charge in [-0.3, -0.25) is 0 Å². The molecule has 0 saturated carbocycles. The molecule has 0 radical (unpaired) electrons. The lowest BCUT2D eigenvalue weighted by atomic mass is 10.2. The van der Waals surface area contributed by atoms with Crippen LogP contribution in [0.4, 0.5) is 0 Å². The molecule has 0 atom stereocenters. The number of nitrogens with two attached hydrogens (primary N) is 1. The summed E-state index contributed by atoms with van der Waals surface area (Å²) in [5, 5.41) is 14.2. The summed E-state index contributed by atoms with van der Waals surface area (Å²) < 4.78 is 0. The fourth-order valence-electron chi connectivity index (χ4n) is 1.06. The zero-order valence-electron chi connectivity index (χ0n) is 8.71. The van der Waals surface area contributed by atoms with Crippen molar-refractivity contribution in [3.8, 4) is 6.07 Å². The molecule has 0 aromatic heterocycles. The van der Waals surface area contributed by atoms with Crippen molar-refractivity contribution in [2.24, 2.45) is 10.8 Å². The van der Waals surface area contributed by atoms with Crippen LogP contribution in [0.1, 0.15) is 12.0 Å². The second-order valence-corrected chi connectivity index (χ2v) is 3.44. The van der Waals surface area contributed by atoms with E-state index >= 15 is 0 Å². The number of benzene rings is 1. The zero-order valence-corrected chi connectivity index (χ0v) is 9.52. The summed E-state index contributed by atoms with van der Waals surface area (Å²) in [5.41, 5.74) is 6.43. The van der Waals surface area contributed by atoms with Gasteiger partial charge in [-0.25, -0.2) is 5.01 Å². The van der Waals surface area contributed by atoms with E-state index in [-0.39, 0.29) is 5.11 Å². The molecule has 0 spiro atoms. The molecule has 1 aromatic rings. The monoisotopic (exact) mass is 232 g/mol. The Bertz CT molecular complexity index is 408. The molecule has 0 aliphatic heterocycles. The third-order valence-corrected chi connectivity index (χ3v) is 2.05. The standard InChI is InChI=1S/C11H12N4S/c12-7-4-8-15(11(13)16)14-9-10-5-2-1-3-6-10/h1-3,5-6,9H,4,8H2,(H2,13,16)/b14-9-. The van der Waals surface area contributed by atoms with Crippen molar-refractivity contribution >= 4 is 23.5 Å². The Balaban J connectivity index is 2.65. The van der Waals surface area contributed by atoms with E-state index in [4.69, 9.17) is 23.2 Å². The normalized spacial score (nSPS) is 9.94. The van der Waals surface area contributed by atoms with Gasteiger partial charge in [0.2, 0.25) is 0 Å². The molecule has 0 amide bonds. The molecule has 0 fully saturated rings. The summed E-state index contributed by atoms with van der Waals surface area (Å²) in [7, 11) is 0. The zero-order chi connectivity index (χ0) is 11.8. The highest BCUT2D eigenvalue weighted by Gasteiger charge is 2.02. The molecule has 0 unspecified atom stereocenters. The molecule has 0 bridgehead atoms. The van der Waals surface area contributed by atoms with Gasteiger partial charge in [0.1, 0.15) is 0 Å². The quantitative estimate of drug-likeness (QED) is 0.485. The van der Waals surface area contributed by atoms with Gasteiger partial charge in [0.05, 0.1) is 25.2 Å². The average Bonchev–Trinajstić information content (AvgIpc) is 2.30. The third-order valence-electron chi connectivity index (χ3n) is 1.84. The lowest BCUT2D eigenvalue weighted by Gasteiger charge is -2.14. The molecule has 1 aromatic carbocycles. The van der Waals surface area contributed by atoms with Crippen LogP contribution in [-0.2, 0) is 0 Å². The van der Waals surface area contributed by atoms with Crippen LogP contribution in [0.2, 0.25) is 0 Å². The maximum Gasteiger partial charge on any atom is 0.186 e. The predicted octanol–water partition coefficient (Wildman–Crippen LogP) is 1.48. The van der Waals surface area contributed by atoms with Crippen LogP contribution in [0.15, 0.2) is 35.4 Å². The van der Waals surface area contributed by atoms with Crippen molar-refractivity contribution in [3.63, 3.8) is 0 Å². The molecule has 5 heteroatoms. The summed E-state index contributed by atoms with van der Waals surface area (Å²) in [6.45, 7) is 0.412. The van der Waals surface area contributed by atoms with Gasteiger partial charge in [0.25, 0.3) is 0 Å². The van der Waals surface area contributed by atoms with Gasteiger partial charge in [-0.1, -0.05) is 30.3 Å². The fraction of sp³-hybridized carbons (Fsp3) is 0.182. The smallest absolute Gasteiger partial charge is 0.186 e. The largest absolute Gasteiger partial charge is 0.375 e. The highest BCUT2D eigenvalue weighted by Crippen LogP contribution is 1.97. The topological polar surface area (TPSA) is 65.4 Å². The first-order valence-electron chi connectivity index (χ1n) is 4.77. The van der Waals surface area contributed by atoms with Gasteiger partial charge >= 0.3 is 0 Å². The number of hydrogen-bond acceptors (Lipinski definition) is 3. The summed E-state index contributed by atoms with van der Waals surface area (Å²) in [6, 6.07) is 11.6. The van der Waals surface area contributed by atoms with Gasteiger partial charge in [-0.05, 0) is 17.8 Å². The van der Waals surface area contributed by atoms with Crippen LogP contribution in [0.3, 0.4) is 0 Å². The van der Waals surface area contributed by atoms with Gasteiger partial charge in [-0.15, -0.1) is 0 Å². The second kappa shape index (κ2) is 6.53. The first-order valence-corrected chi connectivity index (χ1v) is 5.18. The van der Waals surface area contributed by atoms with Crippen molar-refractivity contribution in [2.45, 2.75) is 6.42 Å². The number of nitrogens with zero attached hydrogens (tertiary/aromatic N) is 3. The highest BCUT2D eigenvalue weighted by molar-refractivity contribution is 7.80. The molecule has 0 aliphatic carbocycles. The van der Waals surface area contributed by atoms with Crippen LogP contribution >= 0.6 is 12.2 Å². The second-order valence-electron chi connectivity index (χ2n) is 3.02. The number of rotatable bonds is 4. The molecular weight excluding hydrogens is 220 g/mol. The maximum absolute atomic E-state index is 8.47. The van der Waals surface area contributed by atoms with Gasteiger partial charge in [0, 0.05) is 0 Å². The number of thiocarbonyl (C=S) groups is 1. The number of hydrogen-bond donors (Lipinski definition) is 1. The summed E-state index contributed by atoms with van der Waals surface area (Å²) in [6.07, 6.45) is 2.00. The Morgan fingerprint density at radius 3 is 2.75 bits per heavy atom. The summed E-state index contributed by atoms with van der Waals surface area (Å²) >= 11 is 4.83. The van der Waals surface area contributed by atoms with E-state index in [9.17, 15) is 0 Å². The van der Waals surface area contributed by atoms with Crippen LogP contribution in [0.5, 0.6) is 0 Å². The van der Waals surface area contributed by atoms with Crippen molar-refractivity contribution < 1.29 is 0 Å². The summed E-state index contributed by atoms with van der Waals surface area (Å²) in [4.78, 5) is 0. The van der Waals surface area contributed by atoms with Crippen LogP contribution in [0.25, 0.3) is 0 Å². The predicted molar refractivity (Wildman–Crippen MR) is 67.8 cm³/mol. The van der Waals surface area contributed by atoms with Crippen molar-refractivity contribution in [1.29, 1.82) is 5.26 Å². The maximum atomic E-state index is 8.47. The Kier molecular flexibility index (Phi) is 4.96. The fourth-order valence-corrected chi connectivity index (χ4v) is 1.19. The van der Waals surface area contributed by atoms with Crippen LogP contribution in [0, 0.1) is 11.3 Å². The Labute approximate surface area is 100.0 Å². The van der Waals surface area contributed by atoms with E-state index < -0.39 is 0 Å². The SMILES string of the molecule is N#CCCN(/N=C\c1ccccc1)C(N)=S. The van der Waals surface area contributed by atoms with E-state index in [1.54, 1.807) is 6.21 Å². The van der Waals surface area contributed by atoms with E-state index in [0.29, 0.717) is 13.0 Å². The van der Waals surface area contributed by atoms with Gasteiger partial charge in [0.15, 0.2) is 5.11 Å². The Hall–Kier alpha value is -1.93. The van der Waals surface area contributed by atoms with E-state index in [1.165, 1.54) is 5.01 Å². The molecule has 0 saturated heterocycles. The first-order chi connectivity index (χ1) is 7.74. The highest BCUT2D eigenvalue weighted by atomic mass is 32.1. The minimum atomic E-state index is 0.169. The van der Waals surface area contributed by atoms with E-state index in [2.05, 4.69) is 5.10 Å². The van der Waals surface area contributed by atoms with Crippen LogP contribution < -0.4 is 5.73 Å². The minimum absolute atomic E-state index is 0.169. The van der Waals surface area contributed by atoms with E-state index in [1.807, 2.05) is 36.4 Å². The lowest BCUT2D eigenvalue weighted by Crippen LogP contribution is -2.31. The molecule has 1 rings (SSSR count). The third kappa shape index (κ3) is 4.07. The molecule has 4 nitrogen and oxygen atoms in total. The average molecular weight is 232 g/mol. The Morgan fingerprint density at radius 1 is 1.50 bits per heavy atom. The minimum Gasteiger partial charge on any atom is -0.375 e. The molecule has 16 heavy (non-hydrogen) atoms. The Morgan fingerprint density at radius 2 is 2.19 bits per heavy atom. The molecule has 0 heterocycles. The van der Waals surface area contributed by atoms with E-state index in [0.717, 1.165) is 5.56 Å². The molecule has 0 aliphatic rings. The first kappa shape index (κ1) is 12.1. The van der Waals surface area contributed by atoms with Crippen molar-refractivity contribution in [3.05, 3.63) is 35.9 Å². The molecule has 2 N–H and O–H groups in total. The van der Waals surface area contributed by atoms with Crippen LogP contribution in [-0.4, -0.2) is 22.9 Å². The molecule has 82 valence electrons. The van der Waals surface area contributed by atoms with Crippen molar-refractivity contribution in [2.75, 3.05) is 6.54 Å². The van der Waals surface area contributed by atoms with Crippen molar-refractivity contribution in [1.82, 2.24) is 5.01 Å². The molecular formula is C11H12N4S. The lowest BCUT2D eigenvalue weighted by molar-refractivity contribution is 0.461. The number of nitriles is 1. The number of hydrazone groups is 1. The summed E-state index contributed by atoms with van der Waals surface area (Å²) in [5.74, 6) is 0. The van der Waals surface area contributed by atoms with Gasteiger partial charge in [-0.2, -0.15) is 10.4 Å². The van der Waals surface area contributed by atoms with Gasteiger partial charge < -0.3 is 5.73 Å².